The van der Waals surface area contributed by atoms with Crippen molar-refractivity contribution in [2.75, 3.05) is 0 Å². The molecule has 0 spiro atoms. The lowest BCUT2D eigenvalue weighted by Gasteiger charge is -2.21. The fraction of sp³-hybridized carbons (Fsp3) is 0.250. The molecule has 0 saturated carbocycles. The average molecular weight is 205 g/mol. The van der Waals surface area contributed by atoms with Gasteiger partial charge < -0.3 is 0 Å². The van der Waals surface area contributed by atoms with Crippen LogP contribution in [-0.2, 0) is 9.59 Å². The van der Waals surface area contributed by atoms with Gasteiger partial charge in [0.2, 0.25) is 10.5 Å². The van der Waals surface area contributed by atoms with E-state index in [-0.39, 0.29) is 6.42 Å². The molecule has 0 atom stereocenters. The highest BCUT2D eigenvalue weighted by molar-refractivity contribution is 6.75. The van der Waals surface area contributed by atoms with Crippen molar-refractivity contribution in [3.8, 4) is 0 Å². The van der Waals surface area contributed by atoms with Crippen LogP contribution in [0, 0.1) is 5.41 Å². The first-order valence-electron chi connectivity index (χ1n) is 3.34. The number of carbonyl (C=O) groups is 2. The minimum Gasteiger partial charge on any atom is -0.280 e. The van der Waals surface area contributed by atoms with E-state index in [0.29, 0.717) is 0 Å². The first-order valence-corrected chi connectivity index (χ1v) is 4.09. The number of hydrogen-bond donors (Lipinski definition) is 0. The predicted octanol–water partition coefficient (Wildman–Crippen LogP) is 2.02. The lowest BCUT2D eigenvalue weighted by Crippen LogP contribution is -2.32. The van der Waals surface area contributed by atoms with Crippen LogP contribution in [0.4, 0.5) is 0 Å². The zero-order chi connectivity index (χ0) is 9.19. The molecule has 0 aromatic heterocycles. The Bertz CT molecular complexity index is 265. The Morgan fingerprint density at radius 3 is 2.00 bits per heavy atom. The van der Waals surface area contributed by atoms with E-state index in [0.717, 1.165) is 0 Å². The highest BCUT2D eigenvalue weighted by atomic mass is 35.5. The Morgan fingerprint density at radius 2 is 1.75 bits per heavy atom. The monoisotopic (exact) mass is 204 g/mol. The summed E-state index contributed by atoms with van der Waals surface area (Å²) in [7, 11) is 0. The number of halogens is 2. The molecule has 64 valence electrons. The van der Waals surface area contributed by atoms with Gasteiger partial charge in [0.05, 0.1) is 0 Å². The SMILES string of the molecule is O=C(Cl)C1(C(=O)Cl)C=CC=CC1. The van der Waals surface area contributed by atoms with E-state index in [1.807, 2.05) is 0 Å². The maximum absolute atomic E-state index is 10.9. The molecule has 0 bridgehead atoms. The van der Waals surface area contributed by atoms with Gasteiger partial charge in [-0.25, -0.2) is 0 Å². The van der Waals surface area contributed by atoms with Gasteiger partial charge in [0, 0.05) is 0 Å². The van der Waals surface area contributed by atoms with E-state index in [2.05, 4.69) is 0 Å². The van der Waals surface area contributed by atoms with Crippen molar-refractivity contribution in [3.63, 3.8) is 0 Å². The van der Waals surface area contributed by atoms with Crippen molar-refractivity contribution >= 4 is 33.7 Å². The number of hydrogen-bond acceptors (Lipinski definition) is 2. The Kier molecular flexibility index (Phi) is 2.70. The van der Waals surface area contributed by atoms with Crippen LogP contribution >= 0.6 is 23.2 Å². The topological polar surface area (TPSA) is 34.1 Å². The predicted molar refractivity (Wildman–Crippen MR) is 47.1 cm³/mol. The van der Waals surface area contributed by atoms with Crippen molar-refractivity contribution in [1.82, 2.24) is 0 Å². The fourth-order valence-corrected chi connectivity index (χ4v) is 1.49. The third-order valence-corrected chi connectivity index (χ3v) is 2.44. The molecule has 0 amide bonds. The Balaban J connectivity index is 3.04. The molecule has 1 aliphatic carbocycles. The van der Waals surface area contributed by atoms with Gasteiger partial charge >= 0.3 is 0 Å². The average Bonchev–Trinajstić information content (AvgIpc) is 2.05. The molecule has 0 heterocycles. The summed E-state index contributed by atoms with van der Waals surface area (Å²) in [6.45, 7) is 0. The van der Waals surface area contributed by atoms with Crippen LogP contribution in [0.2, 0.25) is 0 Å². The zero-order valence-corrected chi connectivity index (χ0v) is 7.60. The van der Waals surface area contributed by atoms with Gasteiger partial charge in [-0.15, -0.1) is 0 Å². The van der Waals surface area contributed by atoms with Gasteiger partial charge in [0.25, 0.3) is 0 Å². The molecule has 0 unspecified atom stereocenters. The minimum atomic E-state index is -1.34. The molecule has 0 aliphatic heterocycles. The van der Waals surface area contributed by atoms with Crippen LogP contribution in [0.15, 0.2) is 24.3 Å². The van der Waals surface area contributed by atoms with E-state index in [1.165, 1.54) is 6.08 Å². The van der Waals surface area contributed by atoms with Crippen LogP contribution in [0.5, 0.6) is 0 Å². The van der Waals surface area contributed by atoms with Gasteiger partial charge in [-0.2, -0.15) is 0 Å². The fourth-order valence-electron chi connectivity index (χ4n) is 0.989. The molecule has 12 heavy (non-hydrogen) atoms. The summed E-state index contributed by atoms with van der Waals surface area (Å²) in [4.78, 5) is 21.9. The first-order chi connectivity index (χ1) is 5.59. The van der Waals surface area contributed by atoms with Gasteiger partial charge in [-0.1, -0.05) is 24.3 Å². The van der Waals surface area contributed by atoms with Crippen LogP contribution < -0.4 is 0 Å². The molecule has 0 N–H and O–H groups in total. The van der Waals surface area contributed by atoms with Crippen LogP contribution in [0.25, 0.3) is 0 Å². The molecular formula is C8H6Cl2O2. The van der Waals surface area contributed by atoms with E-state index in [4.69, 9.17) is 23.2 Å². The number of rotatable bonds is 2. The van der Waals surface area contributed by atoms with Crippen LogP contribution in [0.1, 0.15) is 6.42 Å². The molecular weight excluding hydrogens is 199 g/mol. The second-order valence-electron chi connectivity index (χ2n) is 2.51. The maximum Gasteiger partial charge on any atom is 0.240 e. The summed E-state index contributed by atoms with van der Waals surface area (Å²) in [5, 5.41) is -1.47. The van der Waals surface area contributed by atoms with E-state index < -0.39 is 15.9 Å². The molecule has 0 aromatic rings. The van der Waals surface area contributed by atoms with Gasteiger partial charge in [0.1, 0.15) is 5.41 Å². The molecule has 0 radical (unpaired) electrons. The number of carbonyl (C=O) groups excluding carboxylic acids is 2. The molecule has 0 fully saturated rings. The first kappa shape index (κ1) is 9.49. The molecule has 4 heteroatoms. The quantitative estimate of drug-likeness (QED) is 0.510. The second kappa shape index (κ2) is 3.42. The summed E-state index contributed by atoms with van der Waals surface area (Å²) >= 11 is 10.6. The van der Waals surface area contributed by atoms with E-state index >= 15 is 0 Å². The van der Waals surface area contributed by atoms with Crippen molar-refractivity contribution in [2.24, 2.45) is 5.41 Å². The lowest BCUT2D eigenvalue weighted by atomic mass is 9.84. The van der Waals surface area contributed by atoms with E-state index in [9.17, 15) is 9.59 Å². The largest absolute Gasteiger partial charge is 0.280 e. The zero-order valence-electron chi connectivity index (χ0n) is 6.09. The highest BCUT2D eigenvalue weighted by Crippen LogP contribution is 2.33. The summed E-state index contributed by atoms with van der Waals surface area (Å²) in [5.41, 5.74) is -1.34. The highest BCUT2D eigenvalue weighted by Gasteiger charge is 2.41. The Labute approximate surface area is 79.8 Å². The standard InChI is InChI=1S/C8H6Cl2O2/c9-6(11)8(7(10)12)4-2-1-3-5-8/h1-4H,5H2. The van der Waals surface area contributed by atoms with Crippen molar-refractivity contribution < 1.29 is 9.59 Å². The van der Waals surface area contributed by atoms with Crippen LogP contribution in [0.3, 0.4) is 0 Å². The summed E-state index contributed by atoms with van der Waals surface area (Å²) < 4.78 is 0. The van der Waals surface area contributed by atoms with Gasteiger partial charge in [0.15, 0.2) is 0 Å². The summed E-state index contributed by atoms with van der Waals surface area (Å²) in [5.74, 6) is 0. The van der Waals surface area contributed by atoms with Gasteiger partial charge in [-0.3, -0.25) is 9.59 Å². The normalized spacial score (nSPS) is 19.2. The minimum absolute atomic E-state index is 0.244. The second-order valence-corrected chi connectivity index (χ2v) is 3.20. The summed E-state index contributed by atoms with van der Waals surface area (Å²) in [6.07, 6.45) is 6.67. The van der Waals surface area contributed by atoms with Crippen molar-refractivity contribution in [3.05, 3.63) is 24.3 Å². The lowest BCUT2D eigenvalue weighted by molar-refractivity contribution is -0.128. The van der Waals surface area contributed by atoms with Gasteiger partial charge in [-0.05, 0) is 29.6 Å². The molecule has 0 aromatic carbocycles. The Hall–Kier alpha value is -0.600. The van der Waals surface area contributed by atoms with Crippen LogP contribution in [-0.4, -0.2) is 10.5 Å². The van der Waals surface area contributed by atoms with Crippen molar-refractivity contribution in [1.29, 1.82) is 0 Å². The van der Waals surface area contributed by atoms with E-state index in [1.54, 1.807) is 18.2 Å². The Morgan fingerprint density at radius 1 is 1.17 bits per heavy atom. The summed E-state index contributed by atoms with van der Waals surface area (Å²) in [6, 6.07) is 0. The smallest absolute Gasteiger partial charge is 0.240 e. The molecule has 2 nitrogen and oxygen atoms in total. The molecule has 1 aliphatic rings. The third-order valence-electron chi connectivity index (χ3n) is 1.77. The van der Waals surface area contributed by atoms with Crippen molar-refractivity contribution in [2.45, 2.75) is 6.42 Å². The number of allylic oxidation sites excluding steroid dienone is 4. The maximum atomic E-state index is 10.9. The third kappa shape index (κ3) is 1.45. The molecule has 1 rings (SSSR count). The molecule has 0 saturated heterocycles.